The molecule has 0 spiro atoms. The summed E-state index contributed by atoms with van der Waals surface area (Å²) in [5.41, 5.74) is 8.83. The minimum atomic E-state index is -0.594. The van der Waals surface area contributed by atoms with Crippen molar-refractivity contribution in [1.82, 2.24) is 9.88 Å². The zero-order valence-corrected chi connectivity index (χ0v) is 18.3. The van der Waals surface area contributed by atoms with Crippen LogP contribution in [0.4, 0.5) is 11.4 Å². The quantitative estimate of drug-likeness (QED) is 0.327. The number of anilines is 2. The van der Waals surface area contributed by atoms with Crippen molar-refractivity contribution in [2.24, 2.45) is 0 Å². The third-order valence-electron chi connectivity index (χ3n) is 4.75. The molecule has 3 aromatic rings. The Balaban J connectivity index is 1.78. The van der Waals surface area contributed by atoms with Gasteiger partial charge in [0.15, 0.2) is 5.11 Å². The molecule has 7 nitrogen and oxygen atoms in total. The van der Waals surface area contributed by atoms with Crippen LogP contribution in [-0.2, 0) is 16.8 Å². The Labute approximate surface area is 185 Å². The van der Waals surface area contributed by atoms with Crippen molar-refractivity contribution in [3.8, 4) is 0 Å². The second-order valence-corrected chi connectivity index (χ2v) is 7.91. The van der Waals surface area contributed by atoms with E-state index >= 15 is 0 Å². The Bertz CT molecular complexity index is 1100. The normalized spacial score (nSPS) is 12.9. The Morgan fingerprint density at radius 1 is 1.33 bits per heavy atom. The molecule has 0 radical (unpaired) electrons. The average Bonchev–Trinajstić information content (AvgIpc) is 3.09. The van der Waals surface area contributed by atoms with Crippen LogP contribution in [0.15, 0.2) is 59.3 Å². The summed E-state index contributed by atoms with van der Waals surface area (Å²) in [7, 11) is 1.64. The fraction of sp³-hybridized carbons (Fsp3) is 0.238. The summed E-state index contributed by atoms with van der Waals surface area (Å²) in [6.07, 6.45) is 3.15. The molecule has 5 N–H and O–H groups in total. The van der Waals surface area contributed by atoms with Crippen LogP contribution in [-0.4, -0.2) is 23.4 Å². The lowest BCUT2D eigenvalue weighted by atomic mass is 9.93. The highest BCUT2D eigenvalue weighted by atomic mass is 35.5. The molecule has 0 saturated carbocycles. The van der Waals surface area contributed by atoms with Crippen LogP contribution in [0.25, 0.3) is 0 Å². The SMILES string of the molecule is COCC(C)(NC(=S)Nc1cccc(Cn2ccoc2=N)c1N)c1cccc(Cl)c1. The molecule has 30 heavy (non-hydrogen) atoms. The number of nitrogen functional groups attached to an aromatic ring is 1. The van der Waals surface area contributed by atoms with Gasteiger partial charge in [0.1, 0.15) is 6.26 Å². The molecule has 0 saturated heterocycles. The Kier molecular flexibility index (Phi) is 6.81. The standard InChI is InChI=1S/C21H24ClN5O2S/c1-21(13-28-2,15-6-4-7-16(22)11-15)26-20(30)25-17-8-3-5-14(18(17)23)12-27-9-10-29-19(27)24/h3-11,24H,12-13,23H2,1-2H3,(H2,25,26,30). The molecular weight excluding hydrogens is 422 g/mol. The fourth-order valence-electron chi connectivity index (χ4n) is 3.19. The topological polar surface area (TPSA) is 101 Å². The van der Waals surface area contributed by atoms with Crippen molar-refractivity contribution in [3.05, 3.63) is 76.8 Å². The van der Waals surface area contributed by atoms with E-state index < -0.39 is 5.54 Å². The lowest BCUT2D eigenvalue weighted by Gasteiger charge is -2.32. The highest BCUT2D eigenvalue weighted by Crippen LogP contribution is 2.26. The zero-order valence-electron chi connectivity index (χ0n) is 16.7. The van der Waals surface area contributed by atoms with Crippen molar-refractivity contribution in [2.45, 2.75) is 19.0 Å². The lowest BCUT2D eigenvalue weighted by Crippen LogP contribution is -2.48. The first kappa shape index (κ1) is 21.9. The first-order chi connectivity index (χ1) is 14.3. The maximum absolute atomic E-state index is 7.76. The number of aromatic nitrogens is 1. The van der Waals surface area contributed by atoms with Gasteiger partial charge in [-0.3, -0.25) is 9.98 Å². The minimum absolute atomic E-state index is 0.0572. The predicted octanol–water partition coefficient (Wildman–Crippen LogP) is 3.69. The number of methoxy groups -OCH3 is 1. The van der Waals surface area contributed by atoms with Gasteiger partial charge < -0.3 is 25.5 Å². The Morgan fingerprint density at radius 3 is 2.77 bits per heavy atom. The number of oxazole rings is 1. The molecule has 0 bridgehead atoms. The van der Waals surface area contributed by atoms with Gasteiger partial charge in [-0.2, -0.15) is 0 Å². The molecule has 1 atom stereocenters. The summed E-state index contributed by atoms with van der Waals surface area (Å²) in [6, 6.07) is 13.2. The maximum atomic E-state index is 7.76. The van der Waals surface area contributed by atoms with Crippen LogP contribution >= 0.6 is 23.8 Å². The minimum Gasteiger partial charge on any atom is -0.432 e. The third-order valence-corrected chi connectivity index (χ3v) is 5.19. The Morgan fingerprint density at radius 2 is 2.10 bits per heavy atom. The Hall–Kier alpha value is -2.81. The molecule has 0 aliphatic heterocycles. The van der Waals surface area contributed by atoms with E-state index in [1.54, 1.807) is 17.9 Å². The highest BCUT2D eigenvalue weighted by molar-refractivity contribution is 7.80. The van der Waals surface area contributed by atoms with E-state index in [2.05, 4.69) is 10.6 Å². The van der Waals surface area contributed by atoms with E-state index in [1.807, 2.05) is 49.4 Å². The molecular formula is C21H24ClN5O2S. The van der Waals surface area contributed by atoms with E-state index in [-0.39, 0.29) is 5.68 Å². The van der Waals surface area contributed by atoms with Crippen molar-refractivity contribution >= 4 is 40.3 Å². The number of thiocarbonyl (C=S) groups is 1. The summed E-state index contributed by atoms with van der Waals surface area (Å²) in [6.45, 7) is 2.79. The van der Waals surface area contributed by atoms with Crippen LogP contribution in [0.2, 0.25) is 5.02 Å². The number of hydrogen-bond donors (Lipinski definition) is 4. The highest BCUT2D eigenvalue weighted by Gasteiger charge is 2.28. The summed E-state index contributed by atoms with van der Waals surface area (Å²) < 4.78 is 12.1. The van der Waals surface area contributed by atoms with Crippen molar-refractivity contribution < 1.29 is 9.15 Å². The first-order valence-corrected chi connectivity index (χ1v) is 10.0. The number of ether oxygens (including phenoxy) is 1. The number of halogens is 1. The van der Waals surface area contributed by atoms with Crippen LogP contribution in [0.3, 0.4) is 0 Å². The fourth-order valence-corrected chi connectivity index (χ4v) is 3.71. The second-order valence-electron chi connectivity index (χ2n) is 7.07. The van der Waals surface area contributed by atoms with Crippen LogP contribution < -0.4 is 22.1 Å². The van der Waals surface area contributed by atoms with Crippen LogP contribution in [0.5, 0.6) is 0 Å². The number of hydrogen-bond acceptors (Lipinski definition) is 5. The van der Waals surface area contributed by atoms with Gasteiger partial charge in [0.25, 0.3) is 5.68 Å². The predicted molar refractivity (Wildman–Crippen MR) is 123 cm³/mol. The lowest BCUT2D eigenvalue weighted by molar-refractivity contribution is 0.130. The molecule has 0 aliphatic carbocycles. The summed E-state index contributed by atoms with van der Waals surface area (Å²) in [5, 5.41) is 15.3. The van der Waals surface area contributed by atoms with Gasteiger partial charge >= 0.3 is 0 Å². The van der Waals surface area contributed by atoms with E-state index in [1.165, 1.54) is 6.26 Å². The molecule has 0 fully saturated rings. The number of rotatable bonds is 7. The molecule has 158 valence electrons. The van der Waals surface area contributed by atoms with Crippen LogP contribution in [0, 0.1) is 5.41 Å². The average molecular weight is 446 g/mol. The van der Waals surface area contributed by atoms with E-state index in [0.717, 1.165) is 11.1 Å². The number of nitrogens with one attached hydrogen (secondary N) is 3. The van der Waals surface area contributed by atoms with Gasteiger partial charge in [-0.25, -0.2) is 0 Å². The van der Waals surface area contributed by atoms with E-state index in [0.29, 0.717) is 34.7 Å². The van der Waals surface area contributed by atoms with Gasteiger partial charge in [-0.05, 0) is 48.5 Å². The van der Waals surface area contributed by atoms with Gasteiger partial charge in [-0.1, -0.05) is 35.9 Å². The van der Waals surface area contributed by atoms with Crippen molar-refractivity contribution in [1.29, 1.82) is 5.41 Å². The smallest absolute Gasteiger partial charge is 0.293 e. The molecule has 2 aromatic carbocycles. The van der Waals surface area contributed by atoms with Crippen molar-refractivity contribution in [2.75, 3.05) is 24.8 Å². The summed E-state index contributed by atoms with van der Waals surface area (Å²) >= 11 is 11.7. The van der Waals surface area contributed by atoms with Gasteiger partial charge in [0.2, 0.25) is 0 Å². The van der Waals surface area contributed by atoms with Gasteiger partial charge in [0, 0.05) is 18.3 Å². The summed E-state index contributed by atoms with van der Waals surface area (Å²) in [4.78, 5) is 0. The molecule has 1 aromatic heterocycles. The number of benzene rings is 2. The monoisotopic (exact) mass is 445 g/mol. The van der Waals surface area contributed by atoms with E-state index in [9.17, 15) is 0 Å². The largest absolute Gasteiger partial charge is 0.432 e. The third kappa shape index (κ3) is 5.02. The van der Waals surface area contributed by atoms with E-state index in [4.69, 9.17) is 44.1 Å². The molecule has 1 unspecified atom stereocenters. The molecule has 9 heteroatoms. The van der Waals surface area contributed by atoms with Crippen molar-refractivity contribution in [3.63, 3.8) is 0 Å². The second kappa shape index (κ2) is 9.34. The molecule has 0 aliphatic rings. The van der Waals surface area contributed by atoms with Gasteiger partial charge in [-0.15, -0.1) is 0 Å². The number of nitrogens with zero attached hydrogens (tertiary/aromatic N) is 1. The van der Waals surface area contributed by atoms with Crippen LogP contribution in [0.1, 0.15) is 18.1 Å². The molecule has 3 rings (SSSR count). The van der Waals surface area contributed by atoms with Gasteiger partial charge in [0.05, 0.1) is 30.1 Å². The summed E-state index contributed by atoms with van der Waals surface area (Å²) in [5.74, 6) is 0. The zero-order chi connectivity index (χ0) is 21.7. The maximum Gasteiger partial charge on any atom is 0.293 e. The first-order valence-electron chi connectivity index (χ1n) is 9.22. The molecule has 1 heterocycles. The molecule has 0 amide bonds. The number of para-hydroxylation sites is 1. The number of nitrogens with two attached hydrogens (primary N) is 1.